The van der Waals surface area contributed by atoms with Crippen molar-refractivity contribution in [3.8, 4) is 11.5 Å². The lowest BCUT2D eigenvalue weighted by Crippen LogP contribution is -2.50. The summed E-state index contributed by atoms with van der Waals surface area (Å²) in [7, 11) is 6.17. The minimum Gasteiger partial charge on any atom is -0.493 e. The fourth-order valence-electron chi connectivity index (χ4n) is 2.38. The van der Waals surface area contributed by atoms with E-state index in [1.54, 1.807) is 26.2 Å². The minimum absolute atomic E-state index is 0.0462. The normalized spacial score (nSPS) is 11.6. The lowest BCUT2D eigenvalue weighted by molar-refractivity contribution is -0.133. The number of carbonyl (C=O) groups excluding carboxylic acids is 2. The largest absolute Gasteiger partial charge is 0.493 e. The van der Waals surface area contributed by atoms with Gasteiger partial charge in [-0.15, -0.1) is 0 Å². The zero-order valence-electron chi connectivity index (χ0n) is 15.8. The Morgan fingerprint density at radius 1 is 1.12 bits per heavy atom. The zero-order chi connectivity index (χ0) is 19.0. The van der Waals surface area contributed by atoms with Crippen LogP contribution in [0.3, 0.4) is 0 Å². The molecule has 1 rings (SSSR count). The molecule has 0 aliphatic heterocycles. The van der Waals surface area contributed by atoms with Crippen molar-refractivity contribution in [3.63, 3.8) is 0 Å². The van der Waals surface area contributed by atoms with Crippen molar-refractivity contribution in [1.82, 2.24) is 10.2 Å². The number of benzene rings is 1. The average Bonchev–Trinajstić information content (AvgIpc) is 2.62. The monoisotopic (exact) mass is 352 g/mol. The molecule has 25 heavy (non-hydrogen) atoms. The van der Waals surface area contributed by atoms with E-state index in [1.165, 1.54) is 7.11 Å². The van der Waals surface area contributed by atoms with Crippen molar-refractivity contribution < 1.29 is 23.8 Å². The van der Waals surface area contributed by atoms with Crippen LogP contribution in [0.25, 0.3) is 0 Å². The Bertz CT molecular complexity index is 589. The van der Waals surface area contributed by atoms with Crippen molar-refractivity contribution in [1.29, 1.82) is 0 Å². The van der Waals surface area contributed by atoms with E-state index < -0.39 is 12.1 Å². The SMILES string of the molecule is COC(=O)NC(C(=O)N(C)CCc1ccc(OC)c(OC)c1)C(C)C. The fourth-order valence-corrected chi connectivity index (χ4v) is 2.38. The second-order valence-electron chi connectivity index (χ2n) is 6.06. The second kappa shape index (κ2) is 9.76. The molecule has 0 heterocycles. The molecule has 1 aromatic rings. The molecule has 140 valence electrons. The summed E-state index contributed by atoms with van der Waals surface area (Å²) in [6.07, 6.45) is 0.0476. The molecular formula is C18H28N2O5. The van der Waals surface area contributed by atoms with Gasteiger partial charge in [-0.3, -0.25) is 4.79 Å². The first kappa shape index (κ1) is 20.6. The minimum atomic E-state index is -0.622. The molecule has 0 fully saturated rings. The molecule has 0 bridgehead atoms. The topological polar surface area (TPSA) is 77.1 Å². The molecule has 0 spiro atoms. The van der Waals surface area contributed by atoms with E-state index in [0.717, 1.165) is 5.56 Å². The maximum atomic E-state index is 12.6. The molecule has 0 saturated carbocycles. The predicted octanol–water partition coefficient (Wildman–Crippen LogP) is 2.09. The summed E-state index contributed by atoms with van der Waals surface area (Å²) in [5, 5.41) is 2.59. The number of methoxy groups -OCH3 is 3. The molecular weight excluding hydrogens is 324 g/mol. The molecule has 0 aromatic heterocycles. The van der Waals surface area contributed by atoms with Gasteiger partial charge in [-0.25, -0.2) is 4.79 Å². The van der Waals surface area contributed by atoms with E-state index in [-0.39, 0.29) is 11.8 Å². The quantitative estimate of drug-likeness (QED) is 0.775. The number of nitrogens with zero attached hydrogens (tertiary/aromatic N) is 1. The van der Waals surface area contributed by atoms with Gasteiger partial charge in [-0.05, 0) is 30.0 Å². The summed E-state index contributed by atoms with van der Waals surface area (Å²) < 4.78 is 15.1. The highest BCUT2D eigenvalue weighted by molar-refractivity contribution is 5.85. The number of hydrogen-bond donors (Lipinski definition) is 1. The highest BCUT2D eigenvalue weighted by Gasteiger charge is 2.27. The van der Waals surface area contributed by atoms with Crippen LogP contribution in [0.2, 0.25) is 0 Å². The smallest absolute Gasteiger partial charge is 0.407 e. The van der Waals surface area contributed by atoms with Crippen LogP contribution in [0.1, 0.15) is 19.4 Å². The summed E-state index contributed by atoms with van der Waals surface area (Å²) >= 11 is 0. The third-order valence-electron chi connectivity index (χ3n) is 3.95. The van der Waals surface area contributed by atoms with Gasteiger partial charge in [0.2, 0.25) is 5.91 Å². The summed E-state index contributed by atoms with van der Waals surface area (Å²) in [6, 6.07) is 5.05. The van der Waals surface area contributed by atoms with Crippen LogP contribution in [0, 0.1) is 5.92 Å². The predicted molar refractivity (Wildman–Crippen MR) is 95.1 cm³/mol. The molecule has 0 radical (unpaired) electrons. The molecule has 0 saturated heterocycles. The molecule has 1 N–H and O–H groups in total. The van der Waals surface area contributed by atoms with Gasteiger partial charge in [0.1, 0.15) is 6.04 Å². The maximum Gasteiger partial charge on any atom is 0.407 e. The van der Waals surface area contributed by atoms with Gasteiger partial charge in [0, 0.05) is 13.6 Å². The van der Waals surface area contributed by atoms with Crippen LogP contribution >= 0.6 is 0 Å². The number of carbonyl (C=O) groups is 2. The highest BCUT2D eigenvalue weighted by atomic mass is 16.5. The number of nitrogens with one attached hydrogen (secondary N) is 1. The van der Waals surface area contributed by atoms with Crippen molar-refractivity contribution in [3.05, 3.63) is 23.8 Å². The van der Waals surface area contributed by atoms with Gasteiger partial charge in [0.25, 0.3) is 0 Å². The number of ether oxygens (including phenoxy) is 3. The number of rotatable bonds is 8. The van der Waals surface area contributed by atoms with Crippen LogP contribution in [0.4, 0.5) is 4.79 Å². The van der Waals surface area contributed by atoms with Crippen LogP contribution in [-0.4, -0.2) is 57.9 Å². The van der Waals surface area contributed by atoms with E-state index in [9.17, 15) is 9.59 Å². The molecule has 7 nitrogen and oxygen atoms in total. The van der Waals surface area contributed by atoms with Gasteiger partial charge >= 0.3 is 6.09 Å². The Kier molecular flexibility index (Phi) is 8.04. The van der Waals surface area contributed by atoms with E-state index in [2.05, 4.69) is 10.1 Å². The summed E-state index contributed by atoms with van der Waals surface area (Å²) in [6.45, 7) is 4.27. The first-order valence-electron chi connectivity index (χ1n) is 8.14. The molecule has 1 aromatic carbocycles. The van der Waals surface area contributed by atoms with Crippen molar-refractivity contribution in [2.24, 2.45) is 5.92 Å². The van der Waals surface area contributed by atoms with Crippen LogP contribution < -0.4 is 14.8 Å². The maximum absolute atomic E-state index is 12.6. The number of alkyl carbamates (subject to hydrolysis) is 1. The van der Waals surface area contributed by atoms with Crippen LogP contribution in [0.15, 0.2) is 18.2 Å². The standard InChI is InChI=1S/C18H28N2O5/c1-12(2)16(19-18(22)25-6)17(21)20(3)10-9-13-7-8-14(23-4)15(11-13)24-5/h7-8,11-12,16H,9-10H2,1-6H3,(H,19,22). The number of likely N-dealkylation sites (N-methyl/N-ethyl adjacent to an activating group) is 1. The van der Waals surface area contributed by atoms with Crippen LogP contribution in [0.5, 0.6) is 11.5 Å². The summed E-state index contributed by atoms with van der Waals surface area (Å²) in [5.41, 5.74) is 1.03. The first-order valence-corrected chi connectivity index (χ1v) is 8.14. The van der Waals surface area contributed by atoms with E-state index in [1.807, 2.05) is 32.0 Å². The van der Waals surface area contributed by atoms with Gasteiger partial charge in [-0.1, -0.05) is 19.9 Å². The second-order valence-corrected chi connectivity index (χ2v) is 6.06. The molecule has 2 amide bonds. The van der Waals surface area contributed by atoms with Crippen LogP contribution in [-0.2, 0) is 16.0 Å². The Morgan fingerprint density at radius 3 is 2.28 bits per heavy atom. The van der Waals surface area contributed by atoms with Gasteiger partial charge < -0.3 is 24.4 Å². The molecule has 0 aliphatic rings. The Labute approximate surface area is 149 Å². The van der Waals surface area contributed by atoms with E-state index in [0.29, 0.717) is 24.5 Å². The number of hydrogen-bond acceptors (Lipinski definition) is 5. The van der Waals surface area contributed by atoms with E-state index >= 15 is 0 Å². The fraction of sp³-hybridized carbons (Fsp3) is 0.556. The van der Waals surface area contributed by atoms with E-state index in [4.69, 9.17) is 9.47 Å². The Balaban J connectivity index is 2.72. The van der Waals surface area contributed by atoms with Gasteiger partial charge in [0.15, 0.2) is 11.5 Å². The molecule has 1 atom stereocenters. The van der Waals surface area contributed by atoms with Crippen molar-refractivity contribution in [2.75, 3.05) is 34.9 Å². The number of amides is 2. The molecule has 7 heteroatoms. The van der Waals surface area contributed by atoms with Crippen molar-refractivity contribution in [2.45, 2.75) is 26.3 Å². The Morgan fingerprint density at radius 2 is 1.76 bits per heavy atom. The lowest BCUT2D eigenvalue weighted by Gasteiger charge is -2.26. The highest BCUT2D eigenvalue weighted by Crippen LogP contribution is 2.27. The van der Waals surface area contributed by atoms with Gasteiger partial charge in [0.05, 0.1) is 21.3 Å². The summed E-state index contributed by atoms with van der Waals surface area (Å²) in [5.74, 6) is 1.12. The Hall–Kier alpha value is -2.44. The molecule has 0 aliphatic carbocycles. The third-order valence-corrected chi connectivity index (χ3v) is 3.95. The van der Waals surface area contributed by atoms with Crippen molar-refractivity contribution >= 4 is 12.0 Å². The average molecular weight is 352 g/mol. The molecule has 1 unspecified atom stereocenters. The first-order chi connectivity index (χ1) is 11.8. The third kappa shape index (κ3) is 5.85. The lowest BCUT2D eigenvalue weighted by atomic mass is 10.0. The zero-order valence-corrected chi connectivity index (χ0v) is 15.8. The summed E-state index contributed by atoms with van der Waals surface area (Å²) in [4.78, 5) is 25.6. The van der Waals surface area contributed by atoms with Gasteiger partial charge in [-0.2, -0.15) is 0 Å².